The molecule has 1 heterocycles. The van der Waals surface area contributed by atoms with E-state index in [1.165, 1.54) is 11.6 Å². The first-order chi connectivity index (χ1) is 15.9. The number of nitrogens with two attached hydrogens (primary N) is 2. The van der Waals surface area contributed by atoms with Crippen LogP contribution >= 0.6 is 12.2 Å². The number of thiocarbonyl (C=S) groups is 1. The molecule has 1 unspecified atom stereocenters. The average Bonchev–Trinajstić information content (AvgIpc) is 3.11. The van der Waals surface area contributed by atoms with E-state index in [0.29, 0.717) is 6.54 Å². The molecule has 6 nitrogen and oxygen atoms in total. The Bertz CT molecular complexity index is 918. The third kappa shape index (κ3) is 7.68. The molecule has 1 saturated heterocycles. The van der Waals surface area contributed by atoms with Crippen molar-refractivity contribution in [3.63, 3.8) is 0 Å². The number of benzene rings is 2. The quantitative estimate of drug-likeness (QED) is 0.192. The Labute approximate surface area is 201 Å². The summed E-state index contributed by atoms with van der Waals surface area (Å²) in [4.78, 5) is 8.72. The Morgan fingerprint density at radius 2 is 1.94 bits per heavy atom. The molecule has 2 aromatic carbocycles. The molecule has 2 aromatic rings. The Kier molecular flexibility index (Phi) is 9.45. The lowest BCUT2D eigenvalue weighted by Crippen LogP contribution is -2.43. The molecule has 1 fully saturated rings. The van der Waals surface area contributed by atoms with Gasteiger partial charge < -0.3 is 26.6 Å². The summed E-state index contributed by atoms with van der Waals surface area (Å²) >= 11 is 5.90. The fourth-order valence-corrected chi connectivity index (χ4v) is 4.72. The van der Waals surface area contributed by atoms with Crippen molar-refractivity contribution >= 4 is 23.3 Å². The number of aliphatic imine (C=N–C) groups is 1. The Hall–Kier alpha value is -2.71. The van der Waals surface area contributed by atoms with E-state index < -0.39 is 0 Å². The summed E-state index contributed by atoms with van der Waals surface area (Å²) in [6.45, 7) is 6.12. The zero-order chi connectivity index (χ0) is 23.6. The van der Waals surface area contributed by atoms with Crippen molar-refractivity contribution in [2.45, 2.75) is 44.8 Å². The van der Waals surface area contributed by atoms with Crippen molar-refractivity contribution in [3.8, 4) is 0 Å². The van der Waals surface area contributed by atoms with Crippen LogP contribution in [-0.2, 0) is 13.0 Å². The van der Waals surface area contributed by atoms with Crippen molar-refractivity contribution in [1.29, 1.82) is 0 Å². The molecule has 33 heavy (non-hydrogen) atoms. The number of hydrogen-bond donors (Lipinski definition) is 3. The van der Waals surface area contributed by atoms with E-state index in [1.54, 1.807) is 12.1 Å². The Balaban J connectivity index is 1.59. The van der Waals surface area contributed by atoms with E-state index in [1.807, 2.05) is 12.1 Å². The lowest BCUT2D eigenvalue weighted by atomic mass is 10.1. The predicted molar refractivity (Wildman–Crippen MR) is 137 cm³/mol. The number of nitrogens with one attached hydrogen (secondary N) is 1. The third-order valence-corrected chi connectivity index (χ3v) is 6.47. The van der Waals surface area contributed by atoms with E-state index >= 15 is 0 Å². The Morgan fingerprint density at radius 3 is 2.67 bits per heavy atom. The molecule has 0 radical (unpaired) electrons. The van der Waals surface area contributed by atoms with Crippen LogP contribution in [0, 0.1) is 5.82 Å². The fraction of sp³-hybridized carbons (Fsp3) is 0.440. The highest BCUT2D eigenvalue weighted by molar-refractivity contribution is 7.80. The first-order valence-corrected chi connectivity index (χ1v) is 12.0. The van der Waals surface area contributed by atoms with Crippen molar-refractivity contribution in [3.05, 3.63) is 71.5 Å². The van der Waals surface area contributed by atoms with Crippen LogP contribution in [0.15, 0.2) is 59.6 Å². The lowest BCUT2D eigenvalue weighted by Gasteiger charge is -2.28. The maximum atomic E-state index is 13.6. The number of hydrogen-bond acceptors (Lipinski definition) is 3. The third-order valence-electron chi connectivity index (χ3n) is 6.00. The lowest BCUT2D eigenvalue weighted by molar-refractivity contribution is 0.303. The van der Waals surface area contributed by atoms with Crippen molar-refractivity contribution in [2.24, 2.45) is 16.5 Å². The highest BCUT2D eigenvalue weighted by Crippen LogP contribution is 2.23. The van der Waals surface area contributed by atoms with Crippen molar-refractivity contribution in [2.75, 3.05) is 26.2 Å². The van der Waals surface area contributed by atoms with E-state index in [4.69, 9.17) is 23.7 Å². The highest BCUT2D eigenvalue weighted by Gasteiger charge is 2.35. The summed E-state index contributed by atoms with van der Waals surface area (Å²) in [6, 6.07) is 17.7. The average molecular weight is 471 g/mol. The fourth-order valence-electron chi connectivity index (χ4n) is 4.23. The van der Waals surface area contributed by atoms with Crippen molar-refractivity contribution in [1.82, 2.24) is 15.1 Å². The second kappa shape index (κ2) is 12.5. The van der Waals surface area contributed by atoms with Crippen LogP contribution in [0.1, 0.15) is 30.9 Å². The van der Waals surface area contributed by atoms with E-state index in [9.17, 15) is 4.39 Å². The van der Waals surface area contributed by atoms with Crippen LogP contribution in [-0.4, -0.2) is 59.1 Å². The van der Waals surface area contributed by atoms with Crippen LogP contribution in [0.4, 0.5) is 4.39 Å². The number of halogens is 1. The normalized spacial score (nSPS) is 16.8. The summed E-state index contributed by atoms with van der Waals surface area (Å²) < 4.78 is 13.6. The minimum absolute atomic E-state index is 0.125. The molecule has 0 aliphatic carbocycles. The molecule has 0 saturated carbocycles. The molecular weight excluding hydrogens is 435 g/mol. The van der Waals surface area contributed by atoms with Crippen LogP contribution in [0.3, 0.4) is 0 Å². The standard InChI is InChI=1S/C25H35FN6S/c1-19(16-29-17-21-7-3-2-4-8-21)32-18-23(11-6-13-30-24(27)28)31(25(32)33)14-12-20-9-5-10-22(26)15-20/h2-5,7-10,15,19,23,29H,6,11-14,16-18H2,1H3,(H4,27,28,30)/t19-,23?/m0/s1. The molecule has 178 valence electrons. The summed E-state index contributed by atoms with van der Waals surface area (Å²) in [6.07, 6.45) is 2.58. The van der Waals surface area contributed by atoms with Gasteiger partial charge in [-0.15, -0.1) is 0 Å². The monoisotopic (exact) mass is 470 g/mol. The largest absolute Gasteiger partial charge is 0.370 e. The molecule has 2 atom stereocenters. The summed E-state index contributed by atoms with van der Waals surface area (Å²) in [5.74, 6) is -0.0790. The van der Waals surface area contributed by atoms with E-state index in [-0.39, 0.29) is 23.9 Å². The summed E-state index contributed by atoms with van der Waals surface area (Å²) in [5, 5.41) is 4.42. The van der Waals surface area contributed by atoms with Gasteiger partial charge in [-0.3, -0.25) is 4.99 Å². The highest BCUT2D eigenvalue weighted by atomic mass is 32.1. The molecule has 5 N–H and O–H groups in total. The first kappa shape index (κ1) is 24.9. The van der Waals surface area contributed by atoms with Gasteiger partial charge in [0.25, 0.3) is 0 Å². The van der Waals surface area contributed by atoms with Gasteiger partial charge in [-0.1, -0.05) is 42.5 Å². The summed E-state index contributed by atoms with van der Waals surface area (Å²) in [7, 11) is 0. The minimum Gasteiger partial charge on any atom is -0.370 e. The minimum atomic E-state index is -0.204. The van der Waals surface area contributed by atoms with Gasteiger partial charge in [0, 0.05) is 44.8 Å². The van der Waals surface area contributed by atoms with Gasteiger partial charge in [0.15, 0.2) is 11.1 Å². The van der Waals surface area contributed by atoms with Crippen LogP contribution in [0.5, 0.6) is 0 Å². The molecule has 1 aliphatic heterocycles. The zero-order valence-electron chi connectivity index (χ0n) is 19.3. The van der Waals surface area contributed by atoms with Gasteiger partial charge in [-0.25, -0.2) is 4.39 Å². The van der Waals surface area contributed by atoms with Crippen LogP contribution < -0.4 is 16.8 Å². The van der Waals surface area contributed by atoms with Gasteiger partial charge in [-0.2, -0.15) is 0 Å². The summed E-state index contributed by atoms with van der Waals surface area (Å²) in [5.41, 5.74) is 13.2. The zero-order valence-corrected chi connectivity index (χ0v) is 20.1. The van der Waals surface area contributed by atoms with Gasteiger partial charge >= 0.3 is 0 Å². The molecule has 3 rings (SSSR count). The smallest absolute Gasteiger partial charge is 0.185 e. The van der Waals surface area contributed by atoms with Gasteiger partial charge in [0.1, 0.15) is 5.82 Å². The maximum absolute atomic E-state index is 13.6. The van der Waals surface area contributed by atoms with Crippen LogP contribution in [0.25, 0.3) is 0 Å². The van der Waals surface area contributed by atoms with Gasteiger partial charge in [0.05, 0.1) is 0 Å². The molecule has 0 aromatic heterocycles. The molecule has 8 heteroatoms. The van der Waals surface area contributed by atoms with Crippen molar-refractivity contribution < 1.29 is 4.39 Å². The molecule has 0 spiro atoms. The SMILES string of the molecule is C[C@@H](CNCc1ccccc1)N1CC(CCCN=C(N)N)N(CCc2cccc(F)c2)C1=S. The number of nitrogens with zero attached hydrogens (tertiary/aromatic N) is 3. The van der Waals surface area contributed by atoms with E-state index in [2.05, 4.69) is 51.3 Å². The van der Waals surface area contributed by atoms with Gasteiger partial charge in [-0.05, 0) is 61.7 Å². The van der Waals surface area contributed by atoms with Crippen LogP contribution in [0.2, 0.25) is 0 Å². The Morgan fingerprint density at radius 1 is 1.18 bits per heavy atom. The second-order valence-electron chi connectivity index (χ2n) is 8.58. The molecule has 0 amide bonds. The molecule has 1 aliphatic rings. The van der Waals surface area contributed by atoms with Gasteiger partial charge in [0.2, 0.25) is 0 Å². The van der Waals surface area contributed by atoms with E-state index in [0.717, 1.165) is 56.1 Å². The maximum Gasteiger partial charge on any atom is 0.185 e. The predicted octanol–water partition coefficient (Wildman–Crippen LogP) is 2.87. The second-order valence-corrected chi connectivity index (χ2v) is 8.94. The molecule has 0 bridgehead atoms. The number of guanidine groups is 1. The first-order valence-electron chi connectivity index (χ1n) is 11.6. The topological polar surface area (TPSA) is 82.9 Å². The molecular formula is C25H35FN6S. The number of rotatable bonds is 12.